The molecule has 13 heavy (non-hydrogen) atoms. The number of rotatable bonds is 2. The summed E-state index contributed by atoms with van der Waals surface area (Å²) in [6, 6.07) is 0.499. The summed E-state index contributed by atoms with van der Waals surface area (Å²) in [4.78, 5) is 4.15. The maximum absolute atomic E-state index is 5.58. The fraction of sp³-hybridized carbons (Fsp3) is 0.625. The zero-order chi connectivity index (χ0) is 9.10. The SMILES string of the molecule is Nc1cnc(NC2CCOCC2)s1. The molecule has 1 fully saturated rings. The molecule has 1 aliphatic heterocycles. The summed E-state index contributed by atoms with van der Waals surface area (Å²) in [6.45, 7) is 1.69. The molecule has 2 rings (SSSR count). The van der Waals surface area contributed by atoms with Gasteiger partial charge in [-0.3, -0.25) is 0 Å². The first-order chi connectivity index (χ1) is 6.34. The van der Waals surface area contributed by atoms with Crippen LogP contribution in [0.1, 0.15) is 12.8 Å². The third kappa shape index (κ3) is 2.32. The standard InChI is InChI=1S/C8H13N3OS/c9-7-5-10-8(13-7)11-6-1-3-12-4-2-6/h5-6H,1-4,9H2,(H,10,11). The summed E-state index contributed by atoms with van der Waals surface area (Å²) in [5, 5.41) is 5.03. The van der Waals surface area contributed by atoms with E-state index in [0.29, 0.717) is 6.04 Å². The van der Waals surface area contributed by atoms with Crippen molar-refractivity contribution in [2.75, 3.05) is 24.3 Å². The zero-order valence-electron chi connectivity index (χ0n) is 7.32. The molecule has 72 valence electrons. The molecule has 1 aliphatic rings. The lowest BCUT2D eigenvalue weighted by molar-refractivity contribution is 0.0904. The van der Waals surface area contributed by atoms with Gasteiger partial charge in [-0.2, -0.15) is 0 Å². The maximum atomic E-state index is 5.58. The van der Waals surface area contributed by atoms with Crippen molar-refractivity contribution in [3.8, 4) is 0 Å². The summed E-state index contributed by atoms with van der Waals surface area (Å²) in [5.41, 5.74) is 5.58. The number of ether oxygens (including phenoxy) is 1. The van der Waals surface area contributed by atoms with E-state index in [4.69, 9.17) is 10.5 Å². The highest BCUT2D eigenvalue weighted by Crippen LogP contribution is 2.22. The van der Waals surface area contributed by atoms with Gasteiger partial charge in [-0.05, 0) is 12.8 Å². The van der Waals surface area contributed by atoms with Crippen LogP contribution in [0, 0.1) is 0 Å². The third-order valence-corrected chi connectivity index (χ3v) is 2.83. The number of aromatic nitrogens is 1. The van der Waals surface area contributed by atoms with Crippen molar-refractivity contribution in [1.29, 1.82) is 0 Å². The van der Waals surface area contributed by atoms with Crippen LogP contribution < -0.4 is 11.1 Å². The Kier molecular flexibility index (Phi) is 2.65. The molecule has 1 aromatic rings. The van der Waals surface area contributed by atoms with Crippen molar-refractivity contribution < 1.29 is 4.74 Å². The molecule has 0 atom stereocenters. The molecule has 2 heterocycles. The van der Waals surface area contributed by atoms with Crippen LogP contribution in [0.15, 0.2) is 6.20 Å². The minimum atomic E-state index is 0.499. The average molecular weight is 199 g/mol. The minimum Gasteiger partial charge on any atom is -0.389 e. The van der Waals surface area contributed by atoms with E-state index in [1.54, 1.807) is 6.20 Å². The summed E-state index contributed by atoms with van der Waals surface area (Å²) in [7, 11) is 0. The van der Waals surface area contributed by atoms with Gasteiger partial charge < -0.3 is 15.8 Å². The highest BCUT2D eigenvalue weighted by Gasteiger charge is 2.14. The molecule has 3 N–H and O–H groups in total. The molecule has 1 saturated heterocycles. The lowest BCUT2D eigenvalue weighted by atomic mass is 10.1. The Bertz CT molecular complexity index is 270. The van der Waals surface area contributed by atoms with Crippen molar-refractivity contribution in [2.24, 2.45) is 0 Å². The Morgan fingerprint density at radius 1 is 1.54 bits per heavy atom. The summed E-state index contributed by atoms with van der Waals surface area (Å²) < 4.78 is 5.26. The number of hydrogen-bond donors (Lipinski definition) is 2. The van der Waals surface area contributed by atoms with Crippen molar-refractivity contribution in [2.45, 2.75) is 18.9 Å². The molecule has 0 spiro atoms. The normalized spacial score (nSPS) is 18.8. The van der Waals surface area contributed by atoms with Crippen molar-refractivity contribution in [3.05, 3.63) is 6.20 Å². The van der Waals surface area contributed by atoms with Gasteiger partial charge in [0, 0.05) is 19.3 Å². The number of nitrogens with one attached hydrogen (secondary N) is 1. The molecule has 0 aliphatic carbocycles. The van der Waals surface area contributed by atoms with Gasteiger partial charge in [0.1, 0.15) is 5.00 Å². The summed E-state index contributed by atoms with van der Waals surface area (Å²) in [5.74, 6) is 0. The number of nitrogens with zero attached hydrogens (tertiary/aromatic N) is 1. The van der Waals surface area contributed by atoms with Crippen LogP contribution in [-0.2, 0) is 4.74 Å². The molecule has 0 saturated carbocycles. The molecular formula is C8H13N3OS. The fourth-order valence-electron chi connectivity index (χ4n) is 1.37. The van der Waals surface area contributed by atoms with Crippen LogP contribution in [0.5, 0.6) is 0 Å². The molecule has 0 bridgehead atoms. The maximum Gasteiger partial charge on any atom is 0.184 e. The van der Waals surface area contributed by atoms with Gasteiger partial charge in [-0.1, -0.05) is 11.3 Å². The van der Waals surface area contributed by atoms with Gasteiger partial charge in [0.15, 0.2) is 5.13 Å². The molecule has 0 aromatic carbocycles. The largest absolute Gasteiger partial charge is 0.389 e. The van der Waals surface area contributed by atoms with Crippen molar-refractivity contribution in [3.63, 3.8) is 0 Å². The van der Waals surface area contributed by atoms with E-state index in [0.717, 1.165) is 36.2 Å². The van der Waals surface area contributed by atoms with E-state index < -0.39 is 0 Å². The molecule has 1 aromatic heterocycles. The minimum absolute atomic E-state index is 0.499. The Balaban J connectivity index is 1.89. The van der Waals surface area contributed by atoms with Gasteiger partial charge in [0.05, 0.1) is 6.20 Å². The second-order valence-electron chi connectivity index (χ2n) is 3.10. The fourth-order valence-corrected chi connectivity index (χ4v) is 2.03. The Hall–Kier alpha value is -0.810. The molecule has 5 heteroatoms. The van der Waals surface area contributed by atoms with Gasteiger partial charge in [0.2, 0.25) is 0 Å². The first kappa shape index (κ1) is 8.77. The molecule has 4 nitrogen and oxygen atoms in total. The number of nitrogen functional groups attached to an aromatic ring is 1. The quantitative estimate of drug-likeness (QED) is 0.754. The van der Waals surface area contributed by atoms with Crippen LogP contribution in [0.4, 0.5) is 10.1 Å². The summed E-state index contributed by atoms with van der Waals surface area (Å²) in [6.07, 6.45) is 3.80. The van der Waals surface area contributed by atoms with Gasteiger partial charge in [0.25, 0.3) is 0 Å². The molecule has 0 amide bonds. The van der Waals surface area contributed by atoms with Gasteiger partial charge in [-0.15, -0.1) is 0 Å². The number of anilines is 2. The smallest absolute Gasteiger partial charge is 0.184 e. The van der Waals surface area contributed by atoms with Crippen molar-refractivity contribution >= 4 is 21.5 Å². The van der Waals surface area contributed by atoms with Crippen LogP contribution >= 0.6 is 11.3 Å². The van der Waals surface area contributed by atoms with Crippen LogP contribution in [0.25, 0.3) is 0 Å². The lowest BCUT2D eigenvalue weighted by Crippen LogP contribution is -2.27. The Morgan fingerprint density at radius 3 is 2.92 bits per heavy atom. The van der Waals surface area contributed by atoms with E-state index in [1.165, 1.54) is 11.3 Å². The monoisotopic (exact) mass is 199 g/mol. The number of thiazole rings is 1. The Morgan fingerprint density at radius 2 is 2.31 bits per heavy atom. The lowest BCUT2D eigenvalue weighted by Gasteiger charge is -2.22. The first-order valence-electron chi connectivity index (χ1n) is 4.40. The van der Waals surface area contributed by atoms with E-state index in [2.05, 4.69) is 10.3 Å². The zero-order valence-corrected chi connectivity index (χ0v) is 8.14. The van der Waals surface area contributed by atoms with Crippen LogP contribution in [0.2, 0.25) is 0 Å². The van der Waals surface area contributed by atoms with Crippen LogP contribution in [0.3, 0.4) is 0 Å². The van der Waals surface area contributed by atoms with Crippen LogP contribution in [-0.4, -0.2) is 24.2 Å². The molecule has 0 unspecified atom stereocenters. The average Bonchev–Trinajstić information content (AvgIpc) is 2.53. The number of hydrogen-bond acceptors (Lipinski definition) is 5. The predicted octanol–water partition coefficient (Wildman–Crippen LogP) is 1.32. The third-order valence-electron chi connectivity index (χ3n) is 2.07. The second-order valence-corrected chi connectivity index (χ2v) is 4.16. The van der Waals surface area contributed by atoms with Gasteiger partial charge >= 0.3 is 0 Å². The van der Waals surface area contributed by atoms with Crippen molar-refractivity contribution in [1.82, 2.24) is 4.98 Å². The second kappa shape index (κ2) is 3.93. The van der Waals surface area contributed by atoms with E-state index in [1.807, 2.05) is 0 Å². The van der Waals surface area contributed by atoms with E-state index >= 15 is 0 Å². The first-order valence-corrected chi connectivity index (χ1v) is 5.22. The predicted molar refractivity (Wildman–Crippen MR) is 54.0 cm³/mol. The highest BCUT2D eigenvalue weighted by molar-refractivity contribution is 7.19. The topological polar surface area (TPSA) is 60.2 Å². The summed E-state index contributed by atoms with van der Waals surface area (Å²) >= 11 is 1.50. The van der Waals surface area contributed by atoms with E-state index in [9.17, 15) is 0 Å². The van der Waals surface area contributed by atoms with E-state index in [-0.39, 0.29) is 0 Å². The highest BCUT2D eigenvalue weighted by atomic mass is 32.1. The van der Waals surface area contributed by atoms with Gasteiger partial charge in [-0.25, -0.2) is 4.98 Å². The molecule has 0 radical (unpaired) electrons. The number of nitrogens with two attached hydrogens (primary N) is 1. The molecular weight excluding hydrogens is 186 g/mol. The Labute approximate surface area is 81.1 Å².